The highest BCUT2D eigenvalue weighted by molar-refractivity contribution is 7.09. The van der Waals surface area contributed by atoms with Crippen molar-refractivity contribution in [3.8, 4) is 0 Å². The van der Waals surface area contributed by atoms with Gasteiger partial charge >= 0.3 is 0 Å². The van der Waals surface area contributed by atoms with Crippen molar-refractivity contribution >= 4 is 17.2 Å². The zero-order valence-corrected chi connectivity index (χ0v) is 14.1. The molecule has 120 valence electrons. The molecule has 3 rings (SSSR count). The molecule has 1 spiro atoms. The molecule has 6 heteroatoms. The second kappa shape index (κ2) is 6.01. The molecule has 0 N–H and O–H groups in total. The highest BCUT2D eigenvalue weighted by Gasteiger charge is 2.56. The number of methoxy groups -OCH3 is 1. The number of ether oxygens (including phenoxy) is 1. The molecule has 1 amide bonds. The lowest BCUT2D eigenvalue weighted by Gasteiger charge is -2.34. The van der Waals surface area contributed by atoms with Crippen molar-refractivity contribution in [2.24, 2.45) is 5.41 Å². The smallest absolute Gasteiger partial charge is 0.288 e. The molecule has 1 atom stereocenters. The highest BCUT2D eigenvalue weighted by atomic mass is 32.1. The topological polar surface area (TPSA) is 45.7 Å². The maximum absolute atomic E-state index is 12.1. The predicted molar refractivity (Wildman–Crippen MR) is 86.4 cm³/mol. The molecule has 1 aromatic rings. The van der Waals surface area contributed by atoms with Gasteiger partial charge in [0, 0.05) is 30.7 Å². The first-order chi connectivity index (χ1) is 10.6. The molecule has 5 nitrogen and oxygen atoms in total. The molecule has 1 saturated carbocycles. The lowest BCUT2D eigenvalue weighted by atomic mass is 9.92. The third-order valence-electron chi connectivity index (χ3n) is 5.08. The van der Waals surface area contributed by atoms with Crippen molar-refractivity contribution in [3.63, 3.8) is 0 Å². The Hall–Kier alpha value is -1.40. The second-order valence-electron chi connectivity index (χ2n) is 6.34. The van der Waals surface area contributed by atoms with Crippen LogP contribution in [-0.4, -0.2) is 54.0 Å². The van der Waals surface area contributed by atoms with Gasteiger partial charge in [0.25, 0.3) is 5.91 Å². The van der Waals surface area contributed by atoms with Gasteiger partial charge in [0.15, 0.2) is 5.76 Å². The minimum atomic E-state index is -0.0642. The van der Waals surface area contributed by atoms with Crippen LogP contribution in [0.3, 0.4) is 0 Å². The molecule has 2 fully saturated rings. The van der Waals surface area contributed by atoms with E-state index >= 15 is 0 Å². The Morgan fingerprint density at radius 1 is 1.59 bits per heavy atom. The standard InChI is InChI=1S/C16H23N3O2S/c1-12(21-3)15(20)19-7-4-16(5-8-19)10-13(16)18(2)11-14-17-6-9-22-14/h6,9,13H,1,4-5,7-8,10-11H2,2-3H3. The number of nitrogens with zero attached hydrogens (tertiary/aromatic N) is 3. The van der Waals surface area contributed by atoms with Crippen molar-refractivity contribution in [3.05, 3.63) is 28.9 Å². The molecular formula is C16H23N3O2S. The second-order valence-corrected chi connectivity index (χ2v) is 7.32. The maximum Gasteiger partial charge on any atom is 0.288 e. The third-order valence-corrected chi connectivity index (χ3v) is 5.84. The predicted octanol–water partition coefficient (Wildman–Crippen LogP) is 2.12. The highest BCUT2D eigenvalue weighted by Crippen LogP contribution is 2.56. The lowest BCUT2D eigenvalue weighted by molar-refractivity contribution is -0.131. The zero-order chi connectivity index (χ0) is 15.7. The van der Waals surface area contributed by atoms with Crippen LogP contribution in [0, 0.1) is 5.41 Å². The van der Waals surface area contributed by atoms with Gasteiger partial charge < -0.3 is 9.64 Å². The molecule has 1 aromatic heterocycles. The fourth-order valence-corrected chi connectivity index (χ4v) is 4.24. The molecule has 1 aliphatic heterocycles. The van der Waals surface area contributed by atoms with E-state index in [0.717, 1.165) is 32.5 Å². The van der Waals surface area contributed by atoms with Crippen LogP contribution < -0.4 is 0 Å². The van der Waals surface area contributed by atoms with E-state index in [1.54, 1.807) is 11.3 Å². The number of rotatable bonds is 5. The average molecular weight is 321 g/mol. The largest absolute Gasteiger partial charge is 0.492 e. The molecular weight excluding hydrogens is 298 g/mol. The van der Waals surface area contributed by atoms with Gasteiger partial charge in [-0.1, -0.05) is 6.58 Å². The van der Waals surface area contributed by atoms with Gasteiger partial charge in [-0.15, -0.1) is 11.3 Å². The summed E-state index contributed by atoms with van der Waals surface area (Å²) in [5.74, 6) is 0.176. The van der Waals surface area contributed by atoms with Crippen LogP contribution in [-0.2, 0) is 16.1 Å². The number of aromatic nitrogens is 1. The fraction of sp³-hybridized carbons (Fsp3) is 0.625. The lowest BCUT2D eigenvalue weighted by Crippen LogP contribution is -2.41. The van der Waals surface area contributed by atoms with Crippen LogP contribution in [0.2, 0.25) is 0 Å². The minimum absolute atomic E-state index is 0.0642. The van der Waals surface area contributed by atoms with Crippen molar-refractivity contribution in [2.45, 2.75) is 31.8 Å². The Bertz CT molecular complexity index is 550. The first-order valence-electron chi connectivity index (χ1n) is 7.66. The monoisotopic (exact) mass is 321 g/mol. The molecule has 1 aliphatic carbocycles. The Morgan fingerprint density at radius 2 is 2.32 bits per heavy atom. The molecule has 1 saturated heterocycles. The Labute approximate surface area is 135 Å². The fourth-order valence-electron chi connectivity index (χ4n) is 3.56. The van der Waals surface area contributed by atoms with E-state index in [-0.39, 0.29) is 11.7 Å². The first-order valence-corrected chi connectivity index (χ1v) is 8.54. The number of carbonyl (C=O) groups excluding carboxylic acids is 1. The van der Waals surface area contributed by atoms with E-state index in [2.05, 4.69) is 23.5 Å². The van der Waals surface area contributed by atoms with E-state index in [4.69, 9.17) is 4.74 Å². The van der Waals surface area contributed by atoms with Gasteiger partial charge in [-0.3, -0.25) is 9.69 Å². The molecule has 2 aliphatic rings. The summed E-state index contributed by atoms with van der Waals surface area (Å²) in [4.78, 5) is 20.7. The molecule has 1 unspecified atom stereocenters. The van der Waals surface area contributed by atoms with Crippen LogP contribution in [0.4, 0.5) is 0 Å². The summed E-state index contributed by atoms with van der Waals surface area (Å²) in [6, 6.07) is 0.624. The summed E-state index contributed by atoms with van der Waals surface area (Å²) in [6.07, 6.45) is 5.25. The first kappa shape index (κ1) is 15.5. The van der Waals surface area contributed by atoms with E-state index in [1.165, 1.54) is 18.5 Å². The van der Waals surface area contributed by atoms with E-state index in [1.807, 2.05) is 16.5 Å². The quantitative estimate of drug-likeness (QED) is 0.615. The van der Waals surface area contributed by atoms with Gasteiger partial charge in [0.1, 0.15) is 5.01 Å². The van der Waals surface area contributed by atoms with Gasteiger partial charge in [-0.05, 0) is 31.7 Å². The van der Waals surface area contributed by atoms with Crippen molar-refractivity contribution in [1.29, 1.82) is 0 Å². The number of carbonyl (C=O) groups is 1. The molecule has 0 radical (unpaired) electrons. The Morgan fingerprint density at radius 3 is 2.91 bits per heavy atom. The summed E-state index contributed by atoms with van der Waals surface area (Å²) in [7, 11) is 3.68. The Kier molecular flexibility index (Phi) is 4.23. The molecule has 2 heterocycles. The average Bonchev–Trinajstić information content (AvgIpc) is 2.98. The normalized spacial score (nSPS) is 22.9. The number of thiazole rings is 1. The summed E-state index contributed by atoms with van der Waals surface area (Å²) < 4.78 is 4.95. The SMILES string of the molecule is C=C(OC)C(=O)N1CCC2(CC1)CC2N(C)Cc1nccs1. The maximum atomic E-state index is 12.1. The van der Waals surface area contributed by atoms with Gasteiger partial charge in [-0.25, -0.2) is 4.98 Å². The van der Waals surface area contributed by atoms with E-state index in [9.17, 15) is 4.79 Å². The molecule has 22 heavy (non-hydrogen) atoms. The van der Waals surface area contributed by atoms with Crippen LogP contribution in [0.15, 0.2) is 23.9 Å². The van der Waals surface area contributed by atoms with Crippen LogP contribution in [0.5, 0.6) is 0 Å². The van der Waals surface area contributed by atoms with Crippen molar-refractivity contribution in [1.82, 2.24) is 14.8 Å². The number of piperidine rings is 1. The molecule has 0 bridgehead atoms. The number of hydrogen-bond acceptors (Lipinski definition) is 5. The van der Waals surface area contributed by atoms with Crippen LogP contribution in [0.25, 0.3) is 0 Å². The number of hydrogen-bond donors (Lipinski definition) is 0. The summed E-state index contributed by atoms with van der Waals surface area (Å²) in [5, 5.41) is 3.20. The van der Waals surface area contributed by atoms with Crippen LogP contribution in [0.1, 0.15) is 24.3 Å². The summed E-state index contributed by atoms with van der Waals surface area (Å²) >= 11 is 1.71. The van der Waals surface area contributed by atoms with Crippen LogP contribution >= 0.6 is 11.3 Å². The number of likely N-dealkylation sites (tertiary alicyclic amines) is 1. The van der Waals surface area contributed by atoms with Crippen molar-refractivity contribution < 1.29 is 9.53 Å². The van der Waals surface area contributed by atoms with Crippen molar-refractivity contribution in [2.75, 3.05) is 27.2 Å². The van der Waals surface area contributed by atoms with Gasteiger partial charge in [0.2, 0.25) is 0 Å². The summed E-state index contributed by atoms with van der Waals surface area (Å²) in [6.45, 7) is 6.20. The molecule has 0 aromatic carbocycles. The summed E-state index contributed by atoms with van der Waals surface area (Å²) in [5.41, 5.74) is 0.400. The zero-order valence-electron chi connectivity index (χ0n) is 13.2. The third kappa shape index (κ3) is 2.90. The van der Waals surface area contributed by atoms with Gasteiger partial charge in [0.05, 0.1) is 13.7 Å². The Balaban J connectivity index is 1.52. The van der Waals surface area contributed by atoms with Gasteiger partial charge in [-0.2, -0.15) is 0 Å². The van der Waals surface area contributed by atoms with E-state index in [0.29, 0.717) is 11.5 Å². The minimum Gasteiger partial charge on any atom is -0.492 e. The number of amides is 1. The van der Waals surface area contributed by atoms with E-state index < -0.39 is 0 Å².